The van der Waals surface area contributed by atoms with Gasteiger partial charge < -0.3 is 4.74 Å². The van der Waals surface area contributed by atoms with Gasteiger partial charge in [0.2, 0.25) is 0 Å². The predicted molar refractivity (Wildman–Crippen MR) is 51.8 cm³/mol. The Balaban J connectivity index is 2.37. The first-order valence-electron chi connectivity index (χ1n) is 4.55. The van der Waals surface area contributed by atoms with E-state index in [-0.39, 0.29) is 5.54 Å². The fourth-order valence-electron chi connectivity index (χ4n) is 1.56. The van der Waals surface area contributed by atoms with E-state index in [0.717, 1.165) is 38.6 Å². The first-order chi connectivity index (χ1) is 5.67. The molecule has 1 aliphatic heterocycles. The molecule has 1 fully saturated rings. The van der Waals surface area contributed by atoms with Crippen LogP contribution in [0.2, 0.25) is 0 Å². The van der Waals surface area contributed by atoms with E-state index in [1.54, 1.807) is 0 Å². The SMILES string of the molecule is CC1(C)COCCN1CCCCl. The molecule has 0 atom stereocenters. The molecule has 12 heavy (non-hydrogen) atoms. The van der Waals surface area contributed by atoms with Gasteiger partial charge in [0.15, 0.2) is 0 Å². The van der Waals surface area contributed by atoms with Crippen LogP contribution in [-0.4, -0.2) is 42.6 Å². The van der Waals surface area contributed by atoms with Crippen LogP contribution in [0, 0.1) is 0 Å². The summed E-state index contributed by atoms with van der Waals surface area (Å²) >= 11 is 5.66. The van der Waals surface area contributed by atoms with E-state index in [4.69, 9.17) is 16.3 Å². The Bertz CT molecular complexity index is 138. The third kappa shape index (κ3) is 2.61. The van der Waals surface area contributed by atoms with E-state index in [0.29, 0.717) is 0 Å². The summed E-state index contributed by atoms with van der Waals surface area (Å²) in [5.74, 6) is 0.757. The summed E-state index contributed by atoms with van der Waals surface area (Å²) in [6.45, 7) is 8.30. The second-order valence-electron chi connectivity index (χ2n) is 3.89. The molecule has 0 N–H and O–H groups in total. The summed E-state index contributed by atoms with van der Waals surface area (Å²) in [5, 5.41) is 0. The molecule has 0 radical (unpaired) electrons. The maximum Gasteiger partial charge on any atom is 0.0645 e. The third-order valence-electron chi connectivity index (χ3n) is 2.38. The molecule has 1 heterocycles. The van der Waals surface area contributed by atoms with E-state index in [1.165, 1.54) is 0 Å². The van der Waals surface area contributed by atoms with Crippen LogP contribution < -0.4 is 0 Å². The zero-order valence-electron chi connectivity index (χ0n) is 7.98. The highest BCUT2D eigenvalue weighted by atomic mass is 35.5. The monoisotopic (exact) mass is 191 g/mol. The Labute approximate surface area is 79.8 Å². The van der Waals surface area contributed by atoms with E-state index in [2.05, 4.69) is 18.7 Å². The molecule has 0 unspecified atom stereocenters. The molecule has 0 amide bonds. The van der Waals surface area contributed by atoms with Crippen LogP contribution in [0.25, 0.3) is 0 Å². The van der Waals surface area contributed by atoms with Crippen molar-refractivity contribution in [3.05, 3.63) is 0 Å². The van der Waals surface area contributed by atoms with Crippen LogP contribution in [-0.2, 0) is 4.74 Å². The number of rotatable bonds is 3. The van der Waals surface area contributed by atoms with Crippen LogP contribution in [0.15, 0.2) is 0 Å². The molecule has 0 aromatic carbocycles. The summed E-state index contributed by atoms with van der Waals surface area (Å²) in [5.41, 5.74) is 0.199. The largest absolute Gasteiger partial charge is 0.378 e. The highest BCUT2D eigenvalue weighted by Crippen LogP contribution is 2.18. The van der Waals surface area contributed by atoms with Gasteiger partial charge in [0.05, 0.1) is 13.2 Å². The lowest BCUT2D eigenvalue weighted by molar-refractivity contribution is -0.0505. The molecule has 1 saturated heterocycles. The maximum absolute atomic E-state index is 5.66. The highest BCUT2D eigenvalue weighted by Gasteiger charge is 2.29. The number of ether oxygens (including phenoxy) is 1. The number of halogens is 1. The quantitative estimate of drug-likeness (QED) is 0.630. The normalized spacial score (nSPS) is 24.2. The summed E-state index contributed by atoms with van der Waals surface area (Å²) in [6, 6.07) is 0. The van der Waals surface area contributed by atoms with E-state index < -0.39 is 0 Å². The van der Waals surface area contributed by atoms with Gasteiger partial charge in [-0.1, -0.05) is 0 Å². The van der Waals surface area contributed by atoms with Gasteiger partial charge in [-0.05, 0) is 26.8 Å². The van der Waals surface area contributed by atoms with Crippen molar-refractivity contribution in [3.63, 3.8) is 0 Å². The Hall–Kier alpha value is 0.210. The van der Waals surface area contributed by atoms with E-state index >= 15 is 0 Å². The van der Waals surface area contributed by atoms with Gasteiger partial charge in [-0.3, -0.25) is 4.90 Å². The van der Waals surface area contributed by atoms with Crippen molar-refractivity contribution in [2.24, 2.45) is 0 Å². The molecule has 3 heteroatoms. The molecule has 72 valence electrons. The van der Waals surface area contributed by atoms with E-state index in [9.17, 15) is 0 Å². The smallest absolute Gasteiger partial charge is 0.0645 e. The first kappa shape index (κ1) is 10.3. The van der Waals surface area contributed by atoms with Crippen LogP contribution in [0.3, 0.4) is 0 Å². The topological polar surface area (TPSA) is 12.5 Å². The lowest BCUT2D eigenvalue weighted by atomic mass is 10.0. The molecular formula is C9H18ClNO. The molecule has 0 saturated carbocycles. The van der Waals surface area contributed by atoms with Gasteiger partial charge in [0.25, 0.3) is 0 Å². The van der Waals surface area contributed by atoms with Crippen molar-refractivity contribution < 1.29 is 4.74 Å². The third-order valence-corrected chi connectivity index (χ3v) is 2.65. The predicted octanol–water partition coefficient (Wildman–Crippen LogP) is 1.73. The van der Waals surface area contributed by atoms with Gasteiger partial charge in [-0.15, -0.1) is 11.6 Å². The molecule has 0 spiro atoms. The van der Waals surface area contributed by atoms with Crippen molar-refractivity contribution in [3.8, 4) is 0 Å². The van der Waals surface area contributed by atoms with Crippen LogP contribution in [0.1, 0.15) is 20.3 Å². The van der Waals surface area contributed by atoms with Crippen molar-refractivity contribution in [2.75, 3.05) is 32.2 Å². The second kappa shape index (κ2) is 4.45. The molecule has 0 aliphatic carbocycles. The van der Waals surface area contributed by atoms with Gasteiger partial charge >= 0.3 is 0 Å². The summed E-state index contributed by atoms with van der Waals surface area (Å²) in [6.07, 6.45) is 1.07. The minimum atomic E-state index is 0.199. The lowest BCUT2D eigenvalue weighted by Gasteiger charge is -2.42. The fraction of sp³-hybridized carbons (Fsp3) is 1.00. The van der Waals surface area contributed by atoms with Crippen LogP contribution in [0.4, 0.5) is 0 Å². The number of nitrogens with zero attached hydrogens (tertiary/aromatic N) is 1. The Morgan fingerprint density at radius 3 is 2.83 bits per heavy atom. The van der Waals surface area contributed by atoms with Crippen LogP contribution >= 0.6 is 11.6 Å². The lowest BCUT2D eigenvalue weighted by Crippen LogP contribution is -2.53. The molecule has 0 bridgehead atoms. The Kier molecular flexibility index (Phi) is 3.81. The van der Waals surface area contributed by atoms with Crippen LogP contribution in [0.5, 0.6) is 0 Å². The number of alkyl halides is 1. The first-order valence-corrected chi connectivity index (χ1v) is 5.09. The number of hydrogen-bond donors (Lipinski definition) is 0. The molecular weight excluding hydrogens is 174 g/mol. The Morgan fingerprint density at radius 2 is 2.25 bits per heavy atom. The molecule has 0 aromatic heterocycles. The van der Waals surface area contributed by atoms with Crippen molar-refractivity contribution in [2.45, 2.75) is 25.8 Å². The van der Waals surface area contributed by atoms with Gasteiger partial charge in [-0.25, -0.2) is 0 Å². The van der Waals surface area contributed by atoms with Crippen molar-refractivity contribution in [1.82, 2.24) is 4.90 Å². The Morgan fingerprint density at radius 1 is 1.50 bits per heavy atom. The zero-order chi connectivity index (χ0) is 9.03. The van der Waals surface area contributed by atoms with Crippen molar-refractivity contribution in [1.29, 1.82) is 0 Å². The minimum Gasteiger partial charge on any atom is -0.378 e. The molecule has 2 nitrogen and oxygen atoms in total. The number of hydrogen-bond acceptors (Lipinski definition) is 2. The molecule has 1 rings (SSSR count). The summed E-state index contributed by atoms with van der Waals surface area (Å²) in [7, 11) is 0. The average Bonchev–Trinajstić information content (AvgIpc) is 2.02. The second-order valence-corrected chi connectivity index (χ2v) is 4.27. The van der Waals surface area contributed by atoms with Crippen molar-refractivity contribution >= 4 is 11.6 Å². The minimum absolute atomic E-state index is 0.199. The highest BCUT2D eigenvalue weighted by molar-refractivity contribution is 6.17. The summed E-state index contributed by atoms with van der Waals surface area (Å²) in [4.78, 5) is 2.46. The fourth-order valence-corrected chi connectivity index (χ4v) is 1.68. The standard InChI is InChI=1S/C9H18ClNO/c1-9(2)8-12-7-6-11(9)5-3-4-10/h3-8H2,1-2H3. The number of morpholine rings is 1. The van der Waals surface area contributed by atoms with Gasteiger partial charge in [-0.2, -0.15) is 0 Å². The van der Waals surface area contributed by atoms with Gasteiger partial charge in [0, 0.05) is 18.0 Å². The molecule has 1 aliphatic rings. The van der Waals surface area contributed by atoms with E-state index in [1.807, 2.05) is 0 Å². The maximum atomic E-state index is 5.66. The molecule has 0 aromatic rings. The van der Waals surface area contributed by atoms with Gasteiger partial charge in [0.1, 0.15) is 0 Å². The zero-order valence-corrected chi connectivity index (χ0v) is 8.73. The average molecular weight is 192 g/mol. The summed E-state index contributed by atoms with van der Waals surface area (Å²) < 4.78 is 5.42.